The Balaban J connectivity index is 2.10. The van der Waals surface area contributed by atoms with Crippen LogP contribution in [0.3, 0.4) is 0 Å². The Kier molecular flexibility index (Phi) is 5.21. The van der Waals surface area contributed by atoms with Crippen LogP contribution in [0.2, 0.25) is 0 Å². The Morgan fingerprint density at radius 1 is 1.25 bits per heavy atom. The number of rotatable bonds is 4. The molecule has 2 heterocycles. The fraction of sp³-hybridized carbons (Fsp3) is 0.812. The first kappa shape index (κ1) is 15.9. The third-order valence-corrected chi connectivity index (χ3v) is 5.53. The molecule has 0 bridgehead atoms. The predicted octanol–water partition coefficient (Wildman–Crippen LogP) is 3.21. The second-order valence-electron chi connectivity index (χ2n) is 6.75. The minimum Gasteiger partial charge on any atom is -0.311 e. The van der Waals surface area contributed by atoms with Gasteiger partial charge < -0.3 is 5.32 Å². The summed E-state index contributed by atoms with van der Waals surface area (Å²) < 4.78 is 0. The van der Waals surface area contributed by atoms with Crippen LogP contribution >= 0.6 is 11.3 Å². The fourth-order valence-electron chi connectivity index (χ4n) is 2.92. The van der Waals surface area contributed by atoms with Gasteiger partial charge >= 0.3 is 0 Å². The molecule has 0 aliphatic carbocycles. The molecule has 2 atom stereocenters. The molecule has 0 amide bonds. The van der Waals surface area contributed by atoms with Crippen LogP contribution in [-0.4, -0.2) is 35.1 Å². The second-order valence-corrected chi connectivity index (χ2v) is 8.04. The summed E-state index contributed by atoms with van der Waals surface area (Å²) in [5, 5.41) is 5.00. The van der Waals surface area contributed by atoms with E-state index < -0.39 is 0 Å². The number of thiazole rings is 1. The van der Waals surface area contributed by atoms with Crippen LogP contribution in [-0.2, 0) is 6.54 Å². The molecule has 1 aromatic heterocycles. The average Bonchev–Trinajstić information content (AvgIpc) is 2.67. The van der Waals surface area contributed by atoms with Crippen molar-refractivity contribution >= 4 is 11.3 Å². The van der Waals surface area contributed by atoms with E-state index in [2.05, 4.69) is 51.8 Å². The first-order chi connectivity index (χ1) is 9.38. The largest absolute Gasteiger partial charge is 0.311 e. The maximum Gasteiger partial charge on any atom is 0.107 e. The molecule has 1 aliphatic heterocycles. The van der Waals surface area contributed by atoms with Crippen LogP contribution in [0.4, 0.5) is 0 Å². The number of aryl methyl sites for hydroxylation is 2. The Morgan fingerprint density at radius 2 is 1.95 bits per heavy atom. The van der Waals surface area contributed by atoms with Crippen molar-refractivity contribution in [3.63, 3.8) is 0 Å². The zero-order chi connectivity index (χ0) is 14.9. The second kappa shape index (κ2) is 6.54. The fourth-order valence-corrected chi connectivity index (χ4v) is 3.88. The van der Waals surface area contributed by atoms with Crippen molar-refractivity contribution in [1.29, 1.82) is 0 Å². The van der Waals surface area contributed by atoms with Crippen LogP contribution in [0.5, 0.6) is 0 Å². The van der Waals surface area contributed by atoms with E-state index >= 15 is 0 Å². The molecule has 1 saturated heterocycles. The molecule has 2 unspecified atom stereocenters. The highest BCUT2D eigenvalue weighted by atomic mass is 32.1. The van der Waals surface area contributed by atoms with Gasteiger partial charge in [-0.1, -0.05) is 27.7 Å². The average molecular weight is 295 g/mol. The van der Waals surface area contributed by atoms with Gasteiger partial charge in [-0.3, -0.25) is 4.90 Å². The molecular formula is C16H29N3S. The summed E-state index contributed by atoms with van der Waals surface area (Å²) in [6.45, 7) is 16.8. The molecule has 0 saturated carbocycles. The summed E-state index contributed by atoms with van der Waals surface area (Å²) in [7, 11) is 0. The molecule has 114 valence electrons. The smallest absolute Gasteiger partial charge is 0.107 e. The maximum atomic E-state index is 4.72. The van der Waals surface area contributed by atoms with Gasteiger partial charge in [0.05, 0.1) is 12.2 Å². The summed E-state index contributed by atoms with van der Waals surface area (Å²) in [6.07, 6.45) is 0. The molecule has 1 aliphatic rings. The Labute approximate surface area is 127 Å². The molecule has 2 rings (SSSR count). The molecule has 0 radical (unpaired) electrons. The van der Waals surface area contributed by atoms with Crippen molar-refractivity contribution in [2.45, 2.75) is 60.2 Å². The van der Waals surface area contributed by atoms with Crippen molar-refractivity contribution in [2.24, 2.45) is 11.8 Å². The van der Waals surface area contributed by atoms with Gasteiger partial charge in [-0.15, -0.1) is 11.3 Å². The normalized spacial score (nSPS) is 24.8. The van der Waals surface area contributed by atoms with Crippen LogP contribution in [0.25, 0.3) is 0 Å². The topological polar surface area (TPSA) is 28.2 Å². The highest BCUT2D eigenvalue weighted by molar-refractivity contribution is 7.11. The number of nitrogens with one attached hydrogen (secondary N) is 1. The molecule has 1 fully saturated rings. The minimum atomic E-state index is 0.604. The van der Waals surface area contributed by atoms with Gasteiger partial charge in [0.25, 0.3) is 0 Å². The highest BCUT2D eigenvalue weighted by Crippen LogP contribution is 2.23. The first-order valence-electron chi connectivity index (χ1n) is 7.78. The SMILES string of the molecule is Cc1nc(CN2CC(C(C)C)NCC2C(C)C)sc1C. The summed E-state index contributed by atoms with van der Waals surface area (Å²) >= 11 is 1.86. The first-order valence-corrected chi connectivity index (χ1v) is 8.60. The summed E-state index contributed by atoms with van der Waals surface area (Å²) in [6, 6.07) is 1.22. The van der Waals surface area contributed by atoms with Crippen molar-refractivity contribution in [2.75, 3.05) is 13.1 Å². The van der Waals surface area contributed by atoms with E-state index in [9.17, 15) is 0 Å². The van der Waals surface area contributed by atoms with E-state index in [-0.39, 0.29) is 0 Å². The van der Waals surface area contributed by atoms with Gasteiger partial charge in [-0.05, 0) is 25.7 Å². The Bertz CT molecular complexity index is 419. The quantitative estimate of drug-likeness (QED) is 0.924. The molecular weight excluding hydrogens is 266 g/mol. The lowest BCUT2D eigenvalue weighted by molar-refractivity contribution is 0.0783. The highest BCUT2D eigenvalue weighted by Gasteiger charge is 2.31. The minimum absolute atomic E-state index is 0.604. The molecule has 3 nitrogen and oxygen atoms in total. The summed E-state index contributed by atoms with van der Waals surface area (Å²) in [4.78, 5) is 8.72. The molecule has 1 N–H and O–H groups in total. The van der Waals surface area contributed by atoms with Crippen LogP contribution in [0, 0.1) is 25.7 Å². The monoisotopic (exact) mass is 295 g/mol. The van der Waals surface area contributed by atoms with Crippen LogP contribution < -0.4 is 5.32 Å². The van der Waals surface area contributed by atoms with Gasteiger partial charge in [0, 0.05) is 30.1 Å². The van der Waals surface area contributed by atoms with E-state index in [4.69, 9.17) is 4.98 Å². The number of aromatic nitrogens is 1. The van der Waals surface area contributed by atoms with Gasteiger partial charge in [-0.25, -0.2) is 4.98 Å². The number of nitrogens with zero attached hydrogens (tertiary/aromatic N) is 2. The van der Waals surface area contributed by atoms with Crippen molar-refractivity contribution in [3.8, 4) is 0 Å². The molecule has 0 aromatic carbocycles. The van der Waals surface area contributed by atoms with Crippen molar-refractivity contribution in [1.82, 2.24) is 15.2 Å². The van der Waals surface area contributed by atoms with E-state index in [0.717, 1.165) is 19.6 Å². The third-order valence-electron chi connectivity index (χ3n) is 4.47. The van der Waals surface area contributed by atoms with Gasteiger partial charge in [0.1, 0.15) is 5.01 Å². The van der Waals surface area contributed by atoms with Crippen LogP contribution in [0.1, 0.15) is 43.3 Å². The lowest BCUT2D eigenvalue weighted by Gasteiger charge is -2.43. The lowest BCUT2D eigenvalue weighted by Crippen LogP contribution is -2.59. The van der Waals surface area contributed by atoms with E-state index in [0.29, 0.717) is 23.9 Å². The van der Waals surface area contributed by atoms with E-state index in [1.165, 1.54) is 15.6 Å². The maximum absolute atomic E-state index is 4.72. The molecule has 0 spiro atoms. The van der Waals surface area contributed by atoms with Crippen molar-refractivity contribution < 1.29 is 0 Å². The summed E-state index contributed by atoms with van der Waals surface area (Å²) in [5.74, 6) is 1.36. The third kappa shape index (κ3) is 3.60. The van der Waals surface area contributed by atoms with E-state index in [1.54, 1.807) is 0 Å². The van der Waals surface area contributed by atoms with Crippen LogP contribution in [0.15, 0.2) is 0 Å². The number of piperazine rings is 1. The predicted molar refractivity (Wildman–Crippen MR) is 87.3 cm³/mol. The van der Waals surface area contributed by atoms with Gasteiger partial charge in [0.2, 0.25) is 0 Å². The summed E-state index contributed by atoms with van der Waals surface area (Å²) in [5.41, 5.74) is 1.20. The Morgan fingerprint density at radius 3 is 2.45 bits per heavy atom. The van der Waals surface area contributed by atoms with Gasteiger partial charge in [-0.2, -0.15) is 0 Å². The van der Waals surface area contributed by atoms with E-state index in [1.807, 2.05) is 11.3 Å². The zero-order valence-corrected chi connectivity index (χ0v) is 14.5. The standard InChI is InChI=1S/C16H29N3S/c1-10(2)14-8-19(15(7-17-14)11(3)4)9-16-18-12(5)13(6)20-16/h10-11,14-15,17H,7-9H2,1-6H3. The lowest BCUT2D eigenvalue weighted by atomic mass is 9.94. The molecule has 1 aromatic rings. The van der Waals surface area contributed by atoms with Crippen molar-refractivity contribution in [3.05, 3.63) is 15.6 Å². The number of hydrogen-bond acceptors (Lipinski definition) is 4. The molecule has 4 heteroatoms. The van der Waals surface area contributed by atoms with Gasteiger partial charge in [0.15, 0.2) is 0 Å². The Hall–Kier alpha value is -0.450. The number of hydrogen-bond donors (Lipinski definition) is 1. The molecule has 20 heavy (non-hydrogen) atoms. The zero-order valence-electron chi connectivity index (χ0n) is 13.7.